The molecule has 0 aliphatic carbocycles. The van der Waals surface area contributed by atoms with Gasteiger partial charge in [-0.3, -0.25) is 4.99 Å². The highest BCUT2D eigenvalue weighted by atomic mass is 127. The minimum Gasteiger partial charge on any atom is -0.488 e. The van der Waals surface area contributed by atoms with Crippen LogP contribution in [0.5, 0.6) is 5.75 Å². The number of rotatable bonds is 8. The van der Waals surface area contributed by atoms with Gasteiger partial charge in [-0.2, -0.15) is 11.8 Å². The summed E-state index contributed by atoms with van der Waals surface area (Å²) in [6.07, 6.45) is -0.422. The molecule has 0 fully saturated rings. The molecule has 126 valence electrons. The van der Waals surface area contributed by atoms with E-state index in [2.05, 4.69) is 15.6 Å². The van der Waals surface area contributed by atoms with Gasteiger partial charge in [0.1, 0.15) is 12.4 Å². The zero-order chi connectivity index (χ0) is 15.5. The van der Waals surface area contributed by atoms with E-state index in [1.54, 1.807) is 37.0 Å². The van der Waals surface area contributed by atoms with Gasteiger partial charge in [0.05, 0.1) is 0 Å². The summed E-state index contributed by atoms with van der Waals surface area (Å²) in [4.78, 5) is 4.11. The molecule has 8 heteroatoms. The molecule has 0 amide bonds. The van der Waals surface area contributed by atoms with E-state index in [9.17, 15) is 8.78 Å². The van der Waals surface area contributed by atoms with Crippen molar-refractivity contribution >= 4 is 41.7 Å². The highest BCUT2D eigenvalue weighted by molar-refractivity contribution is 14.0. The van der Waals surface area contributed by atoms with Crippen LogP contribution in [0.4, 0.5) is 8.78 Å². The van der Waals surface area contributed by atoms with Gasteiger partial charge in [0.25, 0.3) is 6.43 Å². The Kier molecular flexibility index (Phi) is 12.3. The van der Waals surface area contributed by atoms with Crippen LogP contribution >= 0.6 is 35.7 Å². The van der Waals surface area contributed by atoms with Crippen molar-refractivity contribution in [2.24, 2.45) is 4.99 Å². The summed E-state index contributed by atoms with van der Waals surface area (Å²) in [5.41, 5.74) is 0.939. The fraction of sp³-hybridized carbons (Fsp3) is 0.500. The van der Waals surface area contributed by atoms with Crippen molar-refractivity contribution < 1.29 is 13.5 Å². The number of hydrogen-bond acceptors (Lipinski definition) is 3. The normalized spacial score (nSPS) is 11.0. The molecule has 1 aromatic carbocycles. The first-order valence-electron chi connectivity index (χ1n) is 6.59. The standard InChI is InChI=1S/C14H21F2N3OS.HI/c1-17-14(18-6-7-21-2)19-9-11-4-3-5-12(8-11)20-10-13(15)16;/h3-5,8,13H,6-7,9-10H2,1-2H3,(H2,17,18,19);1H. The Morgan fingerprint density at radius 2 is 2.14 bits per heavy atom. The lowest BCUT2D eigenvalue weighted by Gasteiger charge is -2.12. The molecular weight excluding hydrogens is 423 g/mol. The predicted molar refractivity (Wildman–Crippen MR) is 99.9 cm³/mol. The Balaban J connectivity index is 0.00000441. The third-order valence-electron chi connectivity index (χ3n) is 2.56. The third kappa shape index (κ3) is 9.29. The molecule has 2 N–H and O–H groups in total. The molecule has 0 heterocycles. The van der Waals surface area contributed by atoms with Gasteiger partial charge in [0.15, 0.2) is 5.96 Å². The fourth-order valence-electron chi connectivity index (χ4n) is 1.58. The molecule has 4 nitrogen and oxygen atoms in total. The number of guanidine groups is 1. The topological polar surface area (TPSA) is 45.7 Å². The second-order valence-corrected chi connectivity index (χ2v) is 5.18. The van der Waals surface area contributed by atoms with Crippen LogP contribution in [0.15, 0.2) is 29.3 Å². The Hall–Kier alpha value is -0.770. The van der Waals surface area contributed by atoms with Crippen LogP contribution in [0.1, 0.15) is 5.56 Å². The first kappa shape index (κ1) is 21.2. The zero-order valence-electron chi connectivity index (χ0n) is 12.6. The molecule has 0 radical (unpaired) electrons. The van der Waals surface area contributed by atoms with Gasteiger partial charge in [0, 0.05) is 25.9 Å². The molecule has 0 atom stereocenters. The fourth-order valence-corrected chi connectivity index (χ4v) is 1.89. The predicted octanol–water partition coefficient (Wildman–Crippen LogP) is 2.98. The van der Waals surface area contributed by atoms with Gasteiger partial charge in [-0.05, 0) is 24.0 Å². The van der Waals surface area contributed by atoms with Crippen LogP contribution in [-0.2, 0) is 6.54 Å². The second-order valence-electron chi connectivity index (χ2n) is 4.19. The van der Waals surface area contributed by atoms with Gasteiger partial charge in [0.2, 0.25) is 0 Å². The van der Waals surface area contributed by atoms with Crippen LogP contribution in [-0.4, -0.2) is 44.6 Å². The number of alkyl halides is 2. The third-order valence-corrected chi connectivity index (χ3v) is 3.17. The molecule has 0 bridgehead atoms. The van der Waals surface area contributed by atoms with Gasteiger partial charge in [-0.1, -0.05) is 12.1 Å². The second kappa shape index (κ2) is 12.7. The number of nitrogens with zero attached hydrogens (tertiary/aromatic N) is 1. The van der Waals surface area contributed by atoms with Crippen molar-refractivity contribution in [3.8, 4) is 5.75 Å². The average Bonchev–Trinajstić information content (AvgIpc) is 2.49. The highest BCUT2D eigenvalue weighted by Gasteiger charge is 2.04. The number of ether oxygens (including phenoxy) is 1. The smallest absolute Gasteiger partial charge is 0.272 e. The molecule has 0 spiro atoms. The van der Waals surface area contributed by atoms with Crippen LogP contribution < -0.4 is 15.4 Å². The van der Waals surface area contributed by atoms with E-state index < -0.39 is 13.0 Å². The quantitative estimate of drug-likeness (QED) is 0.280. The van der Waals surface area contributed by atoms with Crippen molar-refractivity contribution in [1.82, 2.24) is 10.6 Å². The summed E-state index contributed by atoms with van der Waals surface area (Å²) < 4.78 is 29.2. The largest absolute Gasteiger partial charge is 0.488 e. The lowest BCUT2D eigenvalue weighted by Crippen LogP contribution is -2.37. The first-order chi connectivity index (χ1) is 10.2. The molecule has 0 saturated carbocycles. The van der Waals surface area contributed by atoms with Crippen molar-refractivity contribution in [2.45, 2.75) is 13.0 Å². The minimum absolute atomic E-state index is 0. The van der Waals surface area contributed by atoms with Gasteiger partial charge < -0.3 is 15.4 Å². The van der Waals surface area contributed by atoms with Crippen molar-refractivity contribution in [2.75, 3.05) is 32.2 Å². The molecule has 22 heavy (non-hydrogen) atoms. The summed E-state index contributed by atoms with van der Waals surface area (Å²) in [6, 6.07) is 7.08. The highest BCUT2D eigenvalue weighted by Crippen LogP contribution is 2.14. The Labute approximate surface area is 151 Å². The molecule has 0 aliphatic heterocycles. The minimum atomic E-state index is -2.47. The van der Waals surface area contributed by atoms with Crippen LogP contribution in [0.3, 0.4) is 0 Å². The molecule has 1 rings (SSSR count). The van der Waals surface area contributed by atoms with E-state index in [4.69, 9.17) is 4.74 Å². The summed E-state index contributed by atoms with van der Waals surface area (Å²) in [5.74, 6) is 2.15. The van der Waals surface area contributed by atoms with E-state index >= 15 is 0 Å². The number of aliphatic imine (C=N–C) groups is 1. The van der Waals surface area contributed by atoms with Crippen LogP contribution in [0, 0.1) is 0 Å². The number of halogens is 3. The number of thioether (sulfide) groups is 1. The maximum Gasteiger partial charge on any atom is 0.272 e. The Morgan fingerprint density at radius 3 is 2.77 bits per heavy atom. The lowest BCUT2D eigenvalue weighted by molar-refractivity contribution is 0.0818. The summed E-state index contributed by atoms with van der Waals surface area (Å²) >= 11 is 1.76. The first-order valence-corrected chi connectivity index (χ1v) is 7.98. The van der Waals surface area contributed by atoms with E-state index in [0.717, 1.165) is 17.9 Å². The zero-order valence-corrected chi connectivity index (χ0v) is 15.8. The van der Waals surface area contributed by atoms with Crippen molar-refractivity contribution in [3.05, 3.63) is 29.8 Å². The summed E-state index contributed by atoms with van der Waals surface area (Å²) in [5, 5.41) is 6.35. The Bertz CT molecular complexity index is 450. The average molecular weight is 445 g/mol. The van der Waals surface area contributed by atoms with Gasteiger partial charge in [-0.25, -0.2) is 8.78 Å². The number of nitrogens with one attached hydrogen (secondary N) is 2. The van der Waals surface area contributed by atoms with E-state index in [1.165, 1.54) is 0 Å². The molecule has 1 aromatic rings. The van der Waals surface area contributed by atoms with Crippen molar-refractivity contribution in [1.29, 1.82) is 0 Å². The molecule has 0 saturated heterocycles. The number of benzene rings is 1. The lowest BCUT2D eigenvalue weighted by atomic mass is 10.2. The molecular formula is C14H22F2IN3OS. The molecule has 0 aromatic heterocycles. The number of hydrogen-bond donors (Lipinski definition) is 2. The molecule has 0 aliphatic rings. The SMILES string of the molecule is CN=C(NCCSC)NCc1cccc(OCC(F)F)c1.I. The van der Waals surface area contributed by atoms with Gasteiger partial charge >= 0.3 is 0 Å². The van der Waals surface area contributed by atoms with E-state index in [-0.39, 0.29) is 24.0 Å². The monoisotopic (exact) mass is 445 g/mol. The van der Waals surface area contributed by atoms with Crippen molar-refractivity contribution in [3.63, 3.8) is 0 Å². The van der Waals surface area contributed by atoms with E-state index in [1.807, 2.05) is 12.3 Å². The Morgan fingerprint density at radius 1 is 1.36 bits per heavy atom. The molecule has 0 unspecified atom stereocenters. The summed E-state index contributed by atoms with van der Waals surface area (Å²) in [6.45, 7) is 0.790. The maximum atomic E-state index is 12.1. The van der Waals surface area contributed by atoms with E-state index in [0.29, 0.717) is 18.3 Å². The maximum absolute atomic E-state index is 12.1. The van der Waals surface area contributed by atoms with Crippen LogP contribution in [0.2, 0.25) is 0 Å². The van der Waals surface area contributed by atoms with Crippen LogP contribution in [0.25, 0.3) is 0 Å². The van der Waals surface area contributed by atoms with Gasteiger partial charge in [-0.15, -0.1) is 24.0 Å². The summed E-state index contributed by atoms with van der Waals surface area (Å²) in [7, 11) is 1.70.